The summed E-state index contributed by atoms with van der Waals surface area (Å²) in [5, 5.41) is 0. The molecule has 3 rings (SSSR count). The average Bonchev–Trinajstić information content (AvgIpc) is 2.62. The SMILES string of the molecule is CS(=O)(=O)Nc1ccc(C(=O)C2CCN(Cc3ccccc3)CC2)cc1.Cl. The van der Waals surface area contributed by atoms with Crippen LogP contribution in [0.1, 0.15) is 28.8 Å². The second kappa shape index (κ2) is 9.35. The fourth-order valence-electron chi connectivity index (χ4n) is 3.35. The quantitative estimate of drug-likeness (QED) is 0.742. The zero-order valence-electron chi connectivity index (χ0n) is 15.3. The Morgan fingerprint density at radius 3 is 2.19 bits per heavy atom. The van der Waals surface area contributed by atoms with Gasteiger partial charge in [-0.2, -0.15) is 0 Å². The largest absolute Gasteiger partial charge is 0.299 e. The zero-order chi connectivity index (χ0) is 18.6. The Kier molecular flexibility index (Phi) is 7.41. The van der Waals surface area contributed by atoms with Crippen molar-refractivity contribution in [2.45, 2.75) is 19.4 Å². The molecule has 0 amide bonds. The highest BCUT2D eigenvalue weighted by Gasteiger charge is 2.25. The first-order valence-corrected chi connectivity index (χ1v) is 10.7. The molecular formula is C20H25ClN2O3S. The van der Waals surface area contributed by atoms with Gasteiger partial charge in [-0.1, -0.05) is 30.3 Å². The fourth-order valence-corrected chi connectivity index (χ4v) is 3.91. The second-order valence-electron chi connectivity index (χ2n) is 6.85. The van der Waals surface area contributed by atoms with Crippen LogP contribution in [-0.2, 0) is 16.6 Å². The molecule has 0 radical (unpaired) electrons. The summed E-state index contributed by atoms with van der Waals surface area (Å²) in [6.07, 6.45) is 2.82. The summed E-state index contributed by atoms with van der Waals surface area (Å²) in [6, 6.07) is 17.1. The first kappa shape index (κ1) is 21.4. The number of anilines is 1. The molecule has 0 bridgehead atoms. The predicted molar refractivity (Wildman–Crippen MR) is 111 cm³/mol. The van der Waals surface area contributed by atoms with Crippen LogP contribution < -0.4 is 4.72 Å². The molecule has 1 aliphatic heterocycles. The van der Waals surface area contributed by atoms with Gasteiger partial charge in [0, 0.05) is 23.7 Å². The van der Waals surface area contributed by atoms with Crippen molar-refractivity contribution >= 4 is 33.9 Å². The molecule has 5 nitrogen and oxygen atoms in total. The standard InChI is InChI=1S/C20H24N2O3S.ClH/c1-26(24,25)21-19-9-7-17(8-10-19)20(23)18-11-13-22(14-12-18)15-16-5-3-2-4-6-16;/h2-10,18,21H,11-15H2,1H3;1H. The highest BCUT2D eigenvalue weighted by atomic mass is 35.5. The lowest BCUT2D eigenvalue weighted by Gasteiger charge is -2.31. The molecule has 27 heavy (non-hydrogen) atoms. The number of benzene rings is 2. The van der Waals surface area contributed by atoms with Crippen LogP contribution in [0.3, 0.4) is 0 Å². The Balaban J connectivity index is 0.00000261. The molecule has 1 fully saturated rings. The maximum Gasteiger partial charge on any atom is 0.229 e. The number of rotatable bonds is 6. The Hall–Kier alpha value is -1.89. The van der Waals surface area contributed by atoms with Crippen molar-refractivity contribution in [1.29, 1.82) is 0 Å². The summed E-state index contributed by atoms with van der Waals surface area (Å²) >= 11 is 0. The van der Waals surface area contributed by atoms with Gasteiger partial charge in [-0.3, -0.25) is 14.4 Å². The van der Waals surface area contributed by atoms with Gasteiger partial charge in [0.15, 0.2) is 5.78 Å². The number of piperidine rings is 1. The lowest BCUT2D eigenvalue weighted by molar-refractivity contribution is 0.0835. The fraction of sp³-hybridized carbons (Fsp3) is 0.350. The Labute approximate surface area is 167 Å². The Morgan fingerprint density at radius 2 is 1.63 bits per heavy atom. The number of sulfonamides is 1. The van der Waals surface area contributed by atoms with E-state index in [0.29, 0.717) is 11.3 Å². The minimum atomic E-state index is -3.30. The lowest BCUT2D eigenvalue weighted by atomic mass is 9.88. The number of carbonyl (C=O) groups is 1. The maximum absolute atomic E-state index is 12.7. The van der Waals surface area contributed by atoms with Gasteiger partial charge in [0.2, 0.25) is 10.0 Å². The minimum Gasteiger partial charge on any atom is -0.299 e. The van der Waals surface area contributed by atoms with E-state index in [4.69, 9.17) is 0 Å². The molecule has 1 aliphatic rings. The smallest absolute Gasteiger partial charge is 0.229 e. The molecule has 0 aliphatic carbocycles. The van der Waals surface area contributed by atoms with E-state index in [1.807, 2.05) is 18.2 Å². The van der Waals surface area contributed by atoms with Crippen LogP contribution in [0.4, 0.5) is 5.69 Å². The first-order valence-electron chi connectivity index (χ1n) is 8.79. The van der Waals surface area contributed by atoms with Gasteiger partial charge in [0.1, 0.15) is 0 Å². The maximum atomic E-state index is 12.7. The summed E-state index contributed by atoms with van der Waals surface area (Å²) in [6.45, 7) is 2.76. The van der Waals surface area contributed by atoms with Crippen molar-refractivity contribution in [3.63, 3.8) is 0 Å². The number of hydrogen-bond donors (Lipinski definition) is 1. The molecule has 1 saturated heterocycles. The molecule has 0 atom stereocenters. The summed E-state index contributed by atoms with van der Waals surface area (Å²) in [7, 11) is -3.30. The highest BCUT2D eigenvalue weighted by molar-refractivity contribution is 7.92. The van der Waals surface area contributed by atoms with E-state index in [1.54, 1.807) is 24.3 Å². The predicted octanol–water partition coefficient (Wildman–Crippen LogP) is 3.57. The van der Waals surface area contributed by atoms with E-state index in [-0.39, 0.29) is 24.1 Å². The third kappa shape index (κ3) is 6.34. The van der Waals surface area contributed by atoms with Crippen LogP contribution in [0.5, 0.6) is 0 Å². The molecular weight excluding hydrogens is 384 g/mol. The second-order valence-corrected chi connectivity index (χ2v) is 8.60. The van der Waals surface area contributed by atoms with E-state index in [9.17, 15) is 13.2 Å². The molecule has 1 heterocycles. The average molecular weight is 409 g/mol. The lowest BCUT2D eigenvalue weighted by Crippen LogP contribution is -2.35. The normalized spacial score (nSPS) is 15.7. The third-order valence-electron chi connectivity index (χ3n) is 4.68. The third-order valence-corrected chi connectivity index (χ3v) is 5.29. The number of likely N-dealkylation sites (tertiary alicyclic amines) is 1. The van der Waals surface area contributed by atoms with Gasteiger partial charge in [-0.05, 0) is 55.8 Å². The molecule has 0 spiro atoms. The number of halogens is 1. The molecule has 146 valence electrons. The number of nitrogens with zero attached hydrogens (tertiary/aromatic N) is 1. The van der Waals surface area contributed by atoms with Crippen molar-refractivity contribution in [2.75, 3.05) is 24.1 Å². The highest BCUT2D eigenvalue weighted by Crippen LogP contribution is 2.24. The summed E-state index contributed by atoms with van der Waals surface area (Å²) < 4.78 is 24.9. The van der Waals surface area contributed by atoms with Crippen LogP contribution in [0.25, 0.3) is 0 Å². The summed E-state index contributed by atoms with van der Waals surface area (Å²) in [5.74, 6) is 0.186. The number of nitrogens with one attached hydrogen (secondary N) is 1. The summed E-state index contributed by atoms with van der Waals surface area (Å²) in [5.41, 5.74) is 2.42. The molecule has 2 aromatic rings. The van der Waals surface area contributed by atoms with Crippen LogP contribution in [0, 0.1) is 5.92 Å². The van der Waals surface area contributed by atoms with Crippen LogP contribution in [-0.4, -0.2) is 38.4 Å². The van der Waals surface area contributed by atoms with Crippen molar-refractivity contribution in [2.24, 2.45) is 5.92 Å². The van der Waals surface area contributed by atoms with Gasteiger partial charge in [0.25, 0.3) is 0 Å². The molecule has 7 heteroatoms. The molecule has 0 saturated carbocycles. The van der Waals surface area contributed by atoms with Crippen molar-refractivity contribution in [3.05, 3.63) is 65.7 Å². The van der Waals surface area contributed by atoms with E-state index < -0.39 is 10.0 Å². The molecule has 0 aromatic heterocycles. The van der Waals surface area contributed by atoms with E-state index in [2.05, 4.69) is 21.8 Å². The van der Waals surface area contributed by atoms with Gasteiger partial charge < -0.3 is 0 Å². The van der Waals surface area contributed by atoms with Crippen LogP contribution in [0.2, 0.25) is 0 Å². The van der Waals surface area contributed by atoms with E-state index >= 15 is 0 Å². The van der Waals surface area contributed by atoms with E-state index in [0.717, 1.165) is 38.7 Å². The van der Waals surface area contributed by atoms with Crippen LogP contribution in [0.15, 0.2) is 54.6 Å². The number of hydrogen-bond acceptors (Lipinski definition) is 4. The van der Waals surface area contributed by atoms with Gasteiger partial charge in [-0.15, -0.1) is 12.4 Å². The van der Waals surface area contributed by atoms with Crippen molar-refractivity contribution in [1.82, 2.24) is 4.90 Å². The molecule has 0 unspecified atom stereocenters. The van der Waals surface area contributed by atoms with Gasteiger partial charge in [0.05, 0.1) is 6.26 Å². The van der Waals surface area contributed by atoms with Gasteiger partial charge >= 0.3 is 0 Å². The monoisotopic (exact) mass is 408 g/mol. The van der Waals surface area contributed by atoms with Crippen molar-refractivity contribution in [3.8, 4) is 0 Å². The Bertz CT molecular complexity index is 847. The number of carbonyl (C=O) groups excluding carboxylic acids is 1. The first-order chi connectivity index (χ1) is 12.4. The van der Waals surface area contributed by atoms with Gasteiger partial charge in [-0.25, -0.2) is 8.42 Å². The number of ketones is 1. The van der Waals surface area contributed by atoms with E-state index in [1.165, 1.54) is 5.56 Å². The molecule has 1 N–H and O–H groups in total. The van der Waals surface area contributed by atoms with Crippen LogP contribution >= 0.6 is 12.4 Å². The molecule has 2 aromatic carbocycles. The van der Waals surface area contributed by atoms with Crippen molar-refractivity contribution < 1.29 is 13.2 Å². The minimum absolute atomic E-state index is 0. The zero-order valence-corrected chi connectivity index (χ0v) is 16.9. The topological polar surface area (TPSA) is 66.5 Å². The summed E-state index contributed by atoms with van der Waals surface area (Å²) in [4.78, 5) is 15.1. The number of Topliss-reactive ketones (excluding diaryl/α,β-unsaturated/α-hetero) is 1. The Morgan fingerprint density at radius 1 is 1.04 bits per heavy atom.